The van der Waals surface area contributed by atoms with Crippen molar-refractivity contribution < 1.29 is 14.8 Å². The number of rotatable bonds is 3. The van der Waals surface area contributed by atoms with Gasteiger partial charge in [-0.05, 0) is 26.0 Å². The van der Waals surface area contributed by atoms with E-state index in [2.05, 4.69) is 4.90 Å². The second-order valence-electron chi connectivity index (χ2n) is 4.98. The van der Waals surface area contributed by atoms with E-state index in [4.69, 9.17) is 4.74 Å². The predicted octanol–water partition coefficient (Wildman–Crippen LogP) is 1.91. The zero-order chi connectivity index (χ0) is 14.0. The molecule has 1 aromatic rings. The first-order valence-corrected chi connectivity index (χ1v) is 6.29. The molecule has 1 fully saturated rings. The molecule has 0 amide bonds. The monoisotopic (exact) mass is 266 g/mol. The SMILES string of the molecule is CC1COCC(C)N1Cc1cc(O)ccc1[N+](=O)[O-]. The number of aromatic hydroxyl groups is 1. The highest BCUT2D eigenvalue weighted by Gasteiger charge is 2.27. The van der Waals surface area contributed by atoms with Crippen molar-refractivity contribution in [2.75, 3.05) is 13.2 Å². The van der Waals surface area contributed by atoms with Crippen molar-refractivity contribution in [1.29, 1.82) is 0 Å². The van der Waals surface area contributed by atoms with Gasteiger partial charge in [-0.25, -0.2) is 0 Å². The minimum atomic E-state index is -0.412. The summed E-state index contributed by atoms with van der Waals surface area (Å²) in [5.41, 5.74) is 0.578. The lowest BCUT2D eigenvalue weighted by Crippen LogP contribution is -2.48. The number of morpholine rings is 1. The lowest BCUT2D eigenvalue weighted by molar-refractivity contribution is -0.385. The Labute approximate surface area is 111 Å². The van der Waals surface area contributed by atoms with Gasteiger partial charge in [0, 0.05) is 30.3 Å². The molecule has 0 spiro atoms. The van der Waals surface area contributed by atoms with Crippen LogP contribution in [0, 0.1) is 10.1 Å². The highest BCUT2D eigenvalue weighted by molar-refractivity contribution is 5.44. The van der Waals surface area contributed by atoms with Gasteiger partial charge in [0.15, 0.2) is 0 Å². The van der Waals surface area contributed by atoms with Gasteiger partial charge in [0.25, 0.3) is 5.69 Å². The van der Waals surface area contributed by atoms with E-state index in [-0.39, 0.29) is 23.5 Å². The third-order valence-electron chi connectivity index (χ3n) is 3.46. The van der Waals surface area contributed by atoms with Gasteiger partial charge in [0.1, 0.15) is 5.75 Å². The second-order valence-corrected chi connectivity index (χ2v) is 4.98. The van der Waals surface area contributed by atoms with Crippen molar-refractivity contribution in [2.24, 2.45) is 0 Å². The van der Waals surface area contributed by atoms with Gasteiger partial charge in [-0.15, -0.1) is 0 Å². The lowest BCUT2D eigenvalue weighted by Gasteiger charge is -2.38. The number of hydrogen-bond donors (Lipinski definition) is 1. The smallest absolute Gasteiger partial charge is 0.274 e. The number of benzene rings is 1. The van der Waals surface area contributed by atoms with E-state index in [1.54, 1.807) is 0 Å². The Morgan fingerprint density at radius 3 is 2.63 bits per heavy atom. The number of hydrogen-bond acceptors (Lipinski definition) is 5. The summed E-state index contributed by atoms with van der Waals surface area (Å²) in [5, 5.41) is 20.5. The van der Waals surface area contributed by atoms with Crippen molar-refractivity contribution in [3.63, 3.8) is 0 Å². The van der Waals surface area contributed by atoms with Crippen LogP contribution in [0.25, 0.3) is 0 Å². The maximum absolute atomic E-state index is 11.0. The van der Waals surface area contributed by atoms with Gasteiger partial charge in [-0.1, -0.05) is 0 Å². The Balaban J connectivity index is 2.26. The average Bonchev–Trinajstić information content (AvgIpc) is 2.33. The van der Waals surface area contributed by atoms with Crippen LogP contribution in [0.1, 0.15) is 19.4 Å². The number of phenols is 1. The summed E-state index contributed by atoms with van der Waals surface area (Å²) in [6, 6.07) is 4.55. The standard InChI is InChI=1S/C13H18N2O4/c1-9-7-19-8-10(2)14(9)6-11-5-12(16)3-4-13(11)15(17)18/h3-5,9-10,16H,6-8H2,1-2H3. The third kappa shape index (κ3) is 3.02. The molecule has 2 unspecified atom stereocenters. The molecule has 6 heteroatoms. The van der Waals surface area contributed by atoms with Gasteiger partial charge >= 0.3 is 0 Å². The molecule has 104 valence electrons. The summed E-state index contributed by atoms with van der Waals surface area (Å²) in [4.78, 5) is 12.8. The Morgan fingerprint density at radius 2 is 2.05 bits per heavy atom. The molecule has 6 nitrogen and oxygen atoms in total. The number of ether oxygens (including phenoxy) is 1. The maximum Gasteiger partial charge on any atom is 0.274 e. The van der Waals surface area contributed by atoms with E-state index < -0.39 is 4.92 Å². The fourth-order valence-electron chi connectivity index (χ4n) is 2.42. The van der Waals surface area contributed by atoms with Crippen LogP contribution in [-0.2, 0) is 11.3 Å². The van der Waals surface area contributed by atoms with Crippen LogP contribution in [0.3, 0.4) is 0 Å². The molecule has 0 aliphatic carbocycles. The minimum absolute atomic E-state index is 0.0451. The van der Waals surface area contributed by atoms with Gasteiger partial charge in [-0.3, -0.25) is 15.0 Å². The maximum atomic E-state index is 11.0. The third-order valence-corrected chi connectivity index (χ3v) is 3.46. The lowest BCUT2D eigenvalue weighted by atomic mass is 10.1. The van der Waals surface area contributed by atoms with Crippen LogP contribution < -0.4 is 0 Å². The first-order valence-electron chi connectivity index (χ1n) is 6.29. The van der Waals surface area contributed by atoms with E-state index in [1.165, 1.54) is 18.2 Å². The number of nitro benzene ring substituents is 1. The first kappa shape index (κ1) is 13.8. The van der Waals surface area contributed by atoms with Crippen LogP contribution in [0.5, 0.6) is 5.75 Å². The van der Waals surface area contributed by atoms with Crippen LogP contribution in [0.15, 0.2) is 18.2 Å². The van der Waals surface area contributed by atoms with Crippen molar-refractivity contribution in [2.45, 2.75) is 32.5 Å². The van der Waals surface area contributed by atoms with E-state index in [9.17, 15) is 15.2 Å². The Hall–Kier alpha value is -1.66. The molecule has 1 aliphatic rings. The summed E-state index contributed by atoms with van der Waals surface area (Å²) in [7, 11) is 0. The molecule has 0 bridgehead atoms. The molecule has 1 aromatic carbocycles. The number of nitro groups is 1. The molecule has 0 radical (unpaired) electrons. The van der Waals surface area contributed by atoms with E-state index in [0.717, 1.165) is 0 Å². The molecule has 0 saturated carbocycles. The van der Waals surface area contributed by atoms with Crippen molar-refractivity contribution in [1.82, 2.24) is 4.90 Å². The fourth-order valence-corrected chi connectivity index (χ4v) is 2.42. The molecular formula is C13H18N2O4. The first-order chi connectivity index (χ1) is 8.99. The summed E-state index contributed by atoms with van der Waals surface area (Å²) < 4.78 is 5.44. The average molecular weight is 266 g/mol. The second kappa shape index (κ2) is 5.54. The van der Waals surface area contributed by atoms with Crippen molar-refractivity contribution in [3.8, 4) is 5.75 Å². The Morgan fingerprint density at radius 1 is 1.42 bits per heavy atom. The highest BCUT2D eigenvalue weighted by atomic mass is 16.6. The quantitative estimate of drug-likeness (QED) is 0.668. The van der Waals surface area contributed by atoms with Gasteiger partial charge < -0.3 is 9.84 Å². The molecule has 1 aliphatic heterocycles. The molecule has 2 rings (SSSR count). The van der Waals surface area contributed by atoms with Gasteiger partial charge in [0.2, 0.25) is 0 Å². The van der Waals surface area contributed by atoms with E-state index in [1.807, 2.05) is 13.8 Å². The van der Waals surface area contributed by atoms with E-state index in [0.29, 0.717) is 25.3 Å². The van der Waals surface area contributed by atoms with Gasteiger partial charge in [0.05, 0.1) is 18.1 Å². The predicted molar refractivity (Wildman–Crippen MR) is 70.0 cm³/mol. The number of phenolic OH excluding ortho intramolecular Hbond substituents is 1. The Bertz CT molecular complexity index is 468. The fraction of sp³-hybridized carbons (Fsp3) is 0.538. The molecule has 2 atom stereocenters. The molecule has 1 N–H and O–H groups in total. The van der Waals surface area contributed by atoms with E-state index >= 15 is 0 Å². The molecule has 1 heterocycles. The zero-order valence-corrected chi connectivity index (χ0v) is 11.1. The van der Waals surface area contributed by atoms with Crippen LogP contribution >= 0.6 is 0 Å². The van der Waals surface area contributed by atoms with Crippen molar-refractivity contribution >= 4 is 5.69 Å². The Kier molecular flexibility index (Phi) is 4.01. The normalized spacial score (nSPS) is 24.3. The summed E-state index contributed by atoms with van der Waals surface area (Å²) in [5.74, 6) is 0.0502. The van der Waals surface area contributed by atoms with Crippen LogP contribution in [0.2, 0.25) is 0 Å². The summed E-state index contributed by atoms with van der Waals surface area (Å²) in [6.07, 6.45) is 0. The largest absolute Gasteiger partial charge is 0.508 e. The summed E-state index contributed by atoms with van der Waals surface area (Å²) >= 11 is 0. The molecule has 1 saturated heterocycles. The summed E-state index contributed by atoms with van der Waals surface area (Å²) in [6.45, 7) is 5.75. The molecular weight excluding hydrogens is 248 g/mol. The number of nitrogens with zero attached hydrogens (tertiary/aromatic N) is 2. The minimum Gasteiger partial charge on any atom is -0.508 e. The van der Waals surface area contributed by atoms with Gasteiger partial charge in [-0.2, -0.15) is 0 Å². The zero-order valence-electron chi connectivity index (χ0n) is 11.1. The van der Waals surface area contributed by atoms with Crippen LogP contribution in [0.4, 0.5) is 5.69 Å². The van der Waals surface area contributed by atoms with Crippen molar-refractivity contribution in [3.05, 3.63) is 33.9 Å². The molecule has 19 heavy (non-hydrogen) atoms. The molecule has 0 aromatic heterocycles. The topological polar surface area (TPSA) is 75.8 Å². The highest BCUT2D eigenvalue weighted by Crippen LogP contribution is 2.27. The van der Waals surface area contributed by atoms with Crippen LogP contribution in [-0.4, -0.2) is 40.2 Å².